The molecule has 0 spiro atoms. The molecule has 0 unspecified atom stereocenters. The molecule has 4 aromatic rings. The fourth-order valence-corrected chi connectivity index (χ4v) is 3.88. The summed E-state index contributed by atoms with van der Waals surface area (Å²) >= 11 is 1.50. The van der Waals surface area contributed by atoms with E-state index in [1.54, 1.807) is 36.3 Å². The minimum Gasteiger partial charge on any atom is -0.497 e. The molecule has 3 aromatic carbocycles. The zero-order valence-electron chi connectivity index (χ0n) is 15.9. The van der Waals surface area contributed by atoms with Crippen molar-refractivity contribution < 1.29 is 14.3 Å². The van der Waals surface area contributed by atoms with Crippen LogP contribution < -0.4 is 14.4 Å². The van der Waals surface area contributed by atoms with Gasteiger partial charge in [-0.3, -0.25) is 9.69 Å². The van der Waals surface area contributed by atoms with Crippen LogP contribution in [0.15, 0.2) is 78.9 Å². The van der Waals surface area contributed by atoms with Crippen LogP contribution in [0.3, 0.4) is 0 Å². The first-order chi connectivity index (χ1) is 14.2. The van der Waals surface area contributed by atoms with Crippen molar-refractivity contribution >= 4 is 32.6 Å². The summed E-state index contributed by atoms with van der Waals surface area (Å²) in [6.45, 7) is 0.362. The Morgan fingerprint density at radius 2 is 1.62 bits per heavy atom. The molecule has 0 aliphatic carbocycles. The van der Waals surface area contributed by atoms with E-state index in [9.17, 15) is 4.79 Å². The molecule has 0 saturated heterocycles. The van der Waals surface area contributed by atoms with Crippen molar-refractivity contribution in [3.8, 4) is 11.5 Å². The summed E-state index contributed by atoms with van der Waals surface area (Å²) in [5.41, 5.74) is 1.92. The van der Waals surface area contributed by atoms with Crippen molar-refractivity contribution in [1.29, 1.82) is 0 Å². The van der Waals surface area contributed by atoms with E-state index in [1.165, 1.54) is 11.3 Å². The SMILES string of the molecule is COc1ccc(OCC(=O)N(Cc2ccccc2)c2nc3ccccc3s2)cc1. The normalized spacial score (nSPS) is 10.7. The maximum Gasteiger partial charge on any atom is 0.267 e. The van der Waals surface area contributed by atoms with Crippen LogP contribution in [-0.4, -0.2) is 24.6 Å². The van der Waals surface area contributed by atoms with Crippen LogP contribution in [0, 0.1) is 0 Å². The van der Waals surface area contributed by atoms with Gasteiger partial charge in [-0.1, -0.05) is 53.8 Å². The number of aromatic nitrogens is 1. The zero-order valence-corrected chi connectivity index (χ0v) is 16.8. The predicted octanol–water partition coefficient (Wildman–Crippen LogP) is 4.92. The van der Waals surface area contributed by atoms with Crippen molar-refractivity contribution in [3.63, 3.8) is 0 Å². The van der Waals surface area contributed by atoms with Crippen molar-refractivity contribution in [1.82, 2.24) is 4.98 Å². The number of rotatable bonds is 7. The summed E-state index contributed by atoms with van der Waals surface area (Å²) in [6, 6.07) is 24.9. The second-order valence-electron chi connectivity index (χ2n) is 6.39. The minimum atomic E-state index is -0.149. The molecule has 0 bridgehead atoms. The second kappa shape index (κ2) is 8.75. The lowest BCUT2D eigenvalue weighted by atomic mass is 10.2. The molecule has 5 nitrogen and oxygen atoms in total. The zero-order chi connectivity index (χ0) is 20.1. The van der Waals surface area contributed by atoms with Gasteiger partial charge >= 0.3 is 0 Å². The highest BCUT2D eigenvalue weighted by Crippen LogP contribution is 2.30. The Kier molecular flexibility index (Phi) is 5.72. The largest absolute Gasteiger partial charge is 0.497 e. The molecule has 0 aliphatic rings. The summed E-state index contributed by atoms with van der Waals surface area (Å²) in [5.74, 6) is 1.20. The monoisotopic (exact) mass is 404 g/mol. The first-order valence-corrected chi connectivity index (χ1v) is 10.0. The number of nitrogens with zero attached hydrogens (tertiary/aromatic N) is 2. The highest BCUT2D eigenvalue weighted by Gasteiger charge is 2.21. The smallest absolute Gasteiger partial charge is 0.267 e. The molecule has 1 heterocycles. The van der Waals surface area contributed by atoms with Gasteiger partial charge in [0.2, 0.25) is 0 Å². The highest BCUT2D eigenvalue weighted by atomic mass is 32.1. The molecule has 146 valence electrons. The first kappa shape index (κ1) is 19.0. The molecule has 1 aromatic heterocycles. The van der Waals surface area contributed by atoms with E-state index < -0.39 is 0 Å². The van der Waals surface area contributed by atoms with Gasteiger partial charge in [-0.15, -0.1) is 0 Å². The van der Waals surface area contributed by atoms with E-state index in [0.29, 0.717) is 17.4 Å². The Hall–Kier alpha value is -3.38. The van der Waals surface area contributed by atoms with Gasteiger partial charge in [0.1, 0.15) is 11.5 Å². The van der Waals surface area contributed by atoms with Gasteiger partial charge in [0.25, 0.3) is 5.91 Å². The topological polar surface area (TPSA) is 51.7 Å². The van der Waals surface area contributed by atoms with Gasteiger partial charge in [0, 0.05) is 0 Å². The Balaban J connectivity index is 1.55. The first-order valence-electron chi connectivity index (χ1n) is 9.19. The third-order valence-electron chi connectivity index (χ3n) is 4.42. The average Bonchev–Trinajstić information content (AvgIpc) is 3.21. The van der Waals surface area contributed by atoms with Crippen molar-refractivity contribution in [2.75, 3.05) is 18.6 Å². The number of para-hydroxylation sites is 1. The Bertz CT molecular complexity index is 1060. The molecule has 0 saturated carbocycles. The van der Waals surface area contributed by atoms with Crippen molar-refractivity contribution in [2.24, 2.45) is 0 Å². The average molecular weight is 404 g/mol. The molecule has 6 heteroatoms. The lowest BCUT2D eigenvalue weighted by molar-refractivity contribution is -0.120. The van der Waals surface area contributed by atoms with Gasteiger partial charge in [-0.05, 0) is 42.0 Å². The molecule has 0 N–H and O–H groups in total. The Morgan fingerprint density at radius 3 is 2.34 bits per heavy atom. The minimum absolute atomic E-state index is 0.0743. The number of amides is 1. The van der Waals surface area contributed by atoms with Crippen LogP contribution in [0.5, 0.6) is 11.5 Å². The molecule has 1 amide bonds. The Labute approximate surface area is 173 Å². The third-order valence-corrected chi connectivity index (χ3v) is 5.48. The maximum absolute atomic E-state index is 13.1. The summed E-state index contributed by atoms with van der Waals surface area (Å²) < 4.78 is 11.9. The molecular weight excluding hydrogens is 384 g/mol. The fourth-order valence-electron chi connectivity index (χ4n) is 2.90. The lowest BCUT2D eigenvalue weighted by Gasteiger charge is -2.20. The predicted molar refractivity (Wildman–Crippen MR) is 116 cm³/mol. The third kappa shape index (κ3) is 4.55. The number of methoxy groups -OCH3 is 1. The van der Waals surface area contributed by atoms with Gasteiger partial charge in [0.15, 0.2) is 11.7 Å². The van der Waals surface area contributed by atoms with E-state index in [2.05, 4.69) is 4.98 Å². The van der Waals surface area contributed by atoms with Crippen LogP contribution in [0.2, 0.25) is 0 Å². The number of anilines is 1. The van der Waals surface area contributed by atoms with Gasteiger partial charge in [0.05, 0.1) is 23.9 Å². The summed E-state index contributed by atoms with van der Waals surface area (Å²) in [4.78, 5) is 19.4. The summed E-state index contributed by atoms with van der Waals surface area (Å²) in [5, 5.41) is 0.665. The number of hydrogen-bond acceptors (Lipinski definition) is 5. The van der Waals surface area contributed by atoms with Crippen molar-refractivity contribution in [2.45, 2.75) is 6.54 Å². The number of ether oxygens (including phenoxy) is 2. The van der Waals surface area contributed by atoms with E-state index in [1.807, 2.05) is 54.6 Å². The van der Waals surface area contributed by atoms with E-state index in [0.717, 1.165) is 21.5 Å². The number of fused-ring (bicyclic) bond motifs is 1. The summed E-state index contributed by atoms with van der Waals surface area (Å²) in [6.07, 6.45) is 0. The lowest BCUT2D eigenvalue weighted by Crippen LogP contribution is -2.34. The van der Waals surface area contributed by atoms with E-state index in [-0.39, 0.29) is 12.5 Å². The van der Waals surface area contributed by atoms with Crippen molar-refractivity contribution in [3.05, 3.63) is 84.4 Å². The molecule has 0 radical (unpaired) electrons. The quantitative estimate of drug-likeness (QED) is 0.439. The van der Waals surface area contributed by atoms with Gasteiger partial charge in [-0.25, -0.2) is 4.98 Å². The number of hydrogen-bond donors (Lipinski definition) is 0. The van der Waals surface area contributed by atoms with Crippen LogP contribution in [-0.2, 0) is 11.3 Å². The number of carbonyl (C=O) groups excluding carboxylic acids is 1. The second-order valence-corrected chi connectivity index (χ2v) is 7.40. The molecule has 0 aliphatic heterocycles. The van der Waals surface area contributed by atoms with Crippen LogP contribution in [0.1, 0.15) is 5.56 Å². The number of benzene rings is 3. The van der Waals surface area contributed by atoms with Crippen LogP contribution in [0.4, 0.5) is 5.13 Å². The van der Waals surface area contributed by atoms with E-state index in [4.69, 9.17) is 9.47 Å². The molecule has 0 atom stereocenters. The standard InChI is InChI=1S/C23H20N2O3S/c1-27-18-11-13-19(14-12-18)28-16-22(26)25(15-17-7-3-2-4-8-17)23-24-20-9-5-6-10-21(20)29-23/h2-14H,15-16H2,1H3. The molecule has 4 rings (SSSR count). The van der Waals surface area contributed by atoms with E-state index >= 15 is 0 Å². The number of thiazole rings is 1. The molecular formula is C23H20N2O3S. The molecule has 29 heavy (non-hydrogen) atoms. The van der Waals surface area contributed by atoms with Crippen LogP contribution in [0.25, 0.3) is 10.2 Å². The fraction of sp³-hybridized carbons (Fsp3) is 0.130. The van der Waals surface area contributed by atoms with Gasteiger partial charge < -0.3 is 9.47 Å². The highest BCUT2D eigenvalue weighted by molar-refractivity contribution is 7.22. The molecule has 0 fully saturated rings. The maximum atomic E-state index is 13.1. The number of carbonyl (C=O) groups is 1. The Morgan fingerprint density at radius 1 is 0.931 bits per heavy atom. The van der Waals surface area contributed by atoms with Crippen LogP contribution >= 0.6 is 11.3 Å². The van der Waals surface area contributed by atoms with Gasteiger partial charge in [-0.2, -0.15) is 0 Å². The summed E-state index contributed by atoms with van der Waals surface area (Å²) in [7, 11) is 1.61.